The van der Waals surface area contributed by atoms with E-state index in [0.29, 0.717) is 12.5 Å². The standard InChI is InChI=1S/C21H23BrO2/c22-20(17-9-5-2-6-10-17)21(23)18-11-13-19(14-12-18)24-15-16-7-3-1-4-8-16/h1,3-4,7-8,11-14,17,20H,2,5-6,9-10,15H2. The molecule has 0 spiro atoms. The van der Waals surface area contributed by atoms with E-state index in [0.717, 1.165) is 29.7 Å². The first-order valence-electron chi connectivity index (χ1n) is 8.69. The molecule has 3 rings (SSSR count). The summed E-state index contributed by atoms with van der Waals surface area (Å²) in [6.07, 6.45) is 6.09. The summed E-state index contributed by atoms with van der Waals surface area (Å²) in [5.74, 6) is 1.45. The van der Waals surface area contributed by atoms with Crippen LogP contribution < -0.4 is 4.74 Å². The number of rotatable bonds is 6. The molecular weight excluding hydrogens is 364 g/mol. The molecule has 0 aromatic heterocycles. The molecule has 0 amide bonds. The summed E-state index contributed by atoms with van der Waals surface area (Å²) in [6, 6.07) is 17.6. The topological polar surface area (TPSA) is 26.3 Å². The van der Waals surface area contributed by atoms with Gasteiger partial charge in [-0.2, -0.15) is 0 Å². The Morgan fingerprint density at radius 1 is 1.00 bits per heavy atom. The Morgan fingerprint density at radius 2 is 1.67 bits per heavy atom. The van der Waals surface area contributed by atoms with Crippen LogP contribution in [0.1, 0.15) is 48.0 Å². The molecule has 2 aromatic rings. The normalized spacial score (nSPS) is 16.5. The molecule has 2 aromatic carbocycles. The van der Waals surface area contributed by atoms with E-state index in [1.807, 2.05) is 54.6 Å². The number of carbonyl (C=O) groups is 1. The third-order valence-corrected chi connectivity index (χ3v) is 5.86. The Labute approximate surface area is 152 Å². The fourth-order valence-electron chi connectivity index (χ4n) is 3.26. The maximum absolute atomic E-state index is 12.6. The summed E-state index contributed by atoms with van der Waals surface area (Å²) < 4.78 is 5.78. The Bertz CT molecular complexity index is 645. The van der Waals surface area contributed by atoms with Gasteiger partial charge in [0.2, 0.25) is 0 Å². The van der Waals surface area contributed by atoms with E-state index in [-0.39, 0.29) is 10.6 Å². The minimum absolute atomic E-state index is 0.0612. The van der Waals surface area contributed by atoms with Crippen molar-refractivity contribution in [3.05, 3.63) is 65.7 Å². The summed E-state index contributed by atoms with van der Waals surface area (Å²) >= 11 is 3.64. The summed E-state index contributed by atoms with van der Waals surface area (Å²) in [7, 11) is 0. The monoisotopic (exact) mass is 386 g/mol. The molecule has 0 aliphatic heterocycles. The Balaban J connectivity index is 1.58. The van der Waals surface area contributed by atoms with E-state index in [9.17, 15) is 4.79 Å². The van der Waals surface area contributed by atoms with E-state index in [2.05, 4.69) is 15.9 Å². The first-order chi connectivity index (χ1) is 11.7. The number of Topliss-reactive ketones (excluding diaryl/α,β-unsaturated/α-hetero) is 1. The molecule has 126 valence electrons. The van der Waals surface area contributed by atoms with Crippen molar-refractivity contribution in [2.75, 3.05) is 0 Å². The number of hydrogen-bond acceptors (Lipinski definition) is 2. The molecule has 1 atom stereocenters. The fraction of sp³-hybridized carbons (Fsp3) is 0.381. The van der Waals surface area contributed by atoms with Crippen LogP contribution in [0.2, 0.25) is 0 Å². The summed E-state index contributed by atoms with van der Waals surface area (Å²) in [5, 5.41) is 0. The molecule has 1 unspecified atom stereocenters. The van der Waals surface area contributed by atoms with Crippen molar-refractivity contribution in [3.63, 3.8) is 0 Å². The zero-order valence-corrected chi connectivity index (χ0v) is 15.4. The van der Waals surface area contributed by atoms with Crippen LogP contribution in [0.15, 0.2) is 54.6 Å². The predicted octanol–water partition coefficient (Wildman–Crippen LogP) is 5.79. The number of hydrogen-bond donors (Lipinski definition) is 0. The second kappa shape index (κ2) is 8.48. The van der Waals surface area contributed by atoms with E-state index < -0.39 is 0 Å². The second-order valence-corrected chi connectivity index (χ2v) is 7.45. The van der Waals surface area contributed by atoms with Gasteiger partial charge < -0.3 is 4.74 Å². The number of alkyl halides is 1. The summed E-state index contributed by atoms with van der Waals surface area (Å²) in [6.45, 7) is 0.539. The molecule has 24 heavy (non-hydrogen) atoms. The molecule has 0 radical (unpaired) electrons. The fourth-order valence-corrected chi connectivity index (χ4v) is 4.05. The number of carbonyl (C=O) groups excluding carboxylic acids is 1. The highest BCUT2D eigenvalue weighted by Gasteiger charge is 2.27. The van der Waals surface area contributed by atoms with Gasteiger partial charge in [0, 0.05) is 5.56 Å². The van der Waals surface area contributed by atoms with E-state index >= 15 is 0 Å². The van der Waals surface area contributed by atoms with Crippen molar-refractivity contribution in [2.45, 2.75) is 43.5 Å². The molecule has 1 aliphatic carbocycles. The van der Waals surface area contributed by atoms with Crippen molar-refractivity contribution in [2.24, 2.45) is 5.92 Å². The van der Waals surface area contributed by atoms with Crippen LogP contribution in [0, 0.1) is 5.92 Å². The van der Waals surface area contributed by atoms with Crippen molar-refractivity contribution < 1.29 is 9.53 Å². The Kier molecular flexibility index (Phi) is 6.08. The number of ketones is 1. The minimum atomic E-state index is -0.0612. The predicted molar refractivity (Wildman–Crippen MR) is 101 cm³/mol. The van der Waals surface area contributed by atoms with Crippen LogP contribution in [-0.2, 0) is 6.61 Å². The highest BCUT2D eigenvalue weighted by molar-refractivity contribution is 9.10. The molecule has 0 saturated heterocycles. The number of halogens is 1. The highest BCUT2D eigenvalue weighted by atomic mass is 79.9. The summed E-state index contributed by atoms with van der Waals surface area (Å²) in [4.78, 5) is 12.6. The van der Waals surface area contributed by atoms with E-state index in [4.69, 9.17) is 4.74 Å². The van der Waals surface area contributed by atoms with Gasteiger partial charge in [-0.25, -0.2) is 0 Å². The molecule has 2 nitrogen and oxygen atoms in total. The average Bonchev–Trinajstić information content (AvgIpc) is 2.67. The molecule has 0 heterocycles. The summed E-state index contributed by atoms with van der Waals surface area (Å²) in [5.41, 5.74) is 1.89. The number of ether oxygens (including phenoxy) is 1. The Morgan fingerprint density at radius 3 is 2.33 bits per heavy atom. The molecular formula is C21H23BrO2. The molecule has 0 N–H and O–H groups in total. The molecule has 3 heteroatoms. The van der Waals surface area contributed by atoms with Crippen molar-refractivity contribution in [1.29, 1.82) is 0 Å². The van der Waals surface area contributed by atoms with Gasteiger partial charge >= 0.3 is 0 Å². The van der Waals surface area contributed by atoms with Gasteiger partial charge in [0.15, 0.2) is 5.78 Å². The van der Waals surface area contributed by atoms with Crippen LogP contribution in [0.25, 0.3) is 0 Å². The lowest BCUT2D eigenvalue weighted by atomic mass is 9.84. The van der Waals surface area contributed by atoms with Crippen LogP contribution in [0.3, 0.4) is 0 Å². The van der Waals surface area contributed by atoms with Crippen molar-refractivity contribution >= 4 is 21.7 Å². The van der Waals surface area contributed by atoms with Gasteiger partial charge in [-0.15, -0.1) is 0 Å². The molecule has 1 fully saturated rings. The zero-order chi connectivity index (χ0) is 16.8. The Hall–Kier alpha value is -1.61. The first kappa shape index (κ1) is 17.2. The van der Waals surface area contributed by atoms with Gasteiger partial charge in [-0.05, 0) is 48.6 Å². The lowest BCUT2D eigenvalue weighted by Gasteiger charge is -2.25. The molecule has 1 aliphatic rings. The van der Waals surface area contributed by atoms with Crippen LogP contribution in [0.4, 0.5) is 0 Å². The van der Waals surface area contributed by atoms with Crippen LogP contribution in [0.5, 0.6) is 5.75 Å². The second-order valence-electron chi connectivity index (χ2n) is 6.46. The maximum atomic E-state index is 12.6. The lowest BCUT2D eigenvalue weighted by molar-refractivity contribution is 0.0962. The third kappa shape index (κ3) is 4.47. The van der Waals surface area contributed by atoms with Gasteiger partial charge in [0.25, 0.3) is 0 Å². The number of benzene rings is 2. The van der Waals surface area contributed by atoms with Gasteiger partial charge in [-0.3, -0.25) is 4.79 Å². The van der Waals surface area contributed by atoms with Crippen LogP contribution in [-0.4, -0.2) is 10.6 Å². The van der Waals surface area contributed by atoms with Crippen molar-refractivity contribution in [3.8, 4) is 5.75 Å². The first-order valence-corrected chi connectivity index (χ1v) is 9.60. The zero-order valence-electron chi connectivity index (χ0n) is 13.8. The minimum Gasteiger partial charge on any atom is -0.489 e. The van der Waals surface area contributed by atoms with E-state index in [1.165, 1.54) is 19.3 Å². The quantitative estimate of drug-likeness (QED) is 0.463. The van der Waals surface area contributed by atoms with Gasteiger partial charge in [-0.1, -0.05) is 65.5 Å². The third-order valence-electron chi connectivity index (χ3n) is 4.70. The maximum Gasteiger partial charge on any atom is 0.176 e. The average molecular weight is 387 g/mol. The smallest absolute Gasteiger partial charge is 0.176 e. The largest absolute Gasteiger partial charge is 0.489 e. The van der Waals surface area contributed by atoms with Gasteiger partial charge in [0.05, 0.1) is 4.83 Å². The SMILES string of the molecule is O=C(c1ccc(OCc2ccccc2)cc1)C(Br)C1CCCCC1. The van der Waals surface area contributed by atoms with Crippen LogP contribution >= 0.6 is 15.9 Å². The van der Waals surface area contributed by atoms with Gasteiger partial charge in [0.1, 0.15) is 12.4 Å². The van der Waals surface area contributed by atoms with Crippen molar-refractivity contribution in [1.82, 2.24) is 0 Å². The lowest BCUT2D eigenvalue weighted by Crippen LogP contribution is -2.26. The molecule has 0 bridgehead atoms. The molecule has 1 saturated carbocycles. The highest BCUT2D eigenvalue weighted by Crippen LogP contribution is 2.32. The van der Waals surface area contributed by atoms with E-state index in [1.54, 1.807) is 0 Å².